The van der Waals surface area contributed by atoms with Crippen LogP contribution in [0.4, 0.5) is 0 Å². The molecule has 0 radical (unpaired) electrons. The topological polar surface area (TPSA) is 15.7 Å². The quantitative estimate of drug-likeness (QED) is 0.479. The molecule has 0 amide bonds. The molecule has 1 atom stereocenters. The maximum Gasteiger partial charge on any atom is 0.0584 e. The molecule has 0 bridgehead atoms. The van der Waals surface area contributed by atoms with Gasteiger partial charge in [-0.25, -0.2) is 0 Å². The van der Waals surface area contributed by atoms with Crippen LogP contribution in [0.3, 0.4) is 0 Å². The highest BCUT2D eigenvalue weighted by Crippen LogP contribution is 2.06. The van der Waals surface area contributed by atoms with Gasteiger partial charge in [-0.05, 0) is 45.4 Å². The molecule has 1 unspecified atom stereocenters. The Morgan fingerprint density at radius 3 is 1.79 bits per heavy atom. The minimum Gasteiger partial charge on any atom is -0.378 e. The molecule has 3 nitrogen and oxygen atoms in total. The molecule has 0 saturated heterocycles. The highest BCUT2D eigenvalue weighted by atomic mass is 16.5. The fraction of sp³-hybridized carbons (Fsp3) is 1.00. The Balaban J connectivity index is 3.69. The summed E-state index contributed by atoms with van der Waals surface area (Å²) in [5.41, 5.74) is 0. The first-order valence-electron chi connectivity index (χ1n) is 8.27. The van der Waals surface area contributed by atoms with Gasteiger partial charge < -0.3 is 14.5 Å². The van der Waals surface area contributed by atoms with Crippen molar-refractivity contribution in [3.8, 4) is 0 Å². The van der Waals surface area contributed by atoms with E-state index in [1.54, 1.807) is 0 Å². The molecule has 0 heterocycles. The predicted molar refractivity (Wildman–Crippen MR) is 84.8 cm³/mol. The maximum atomic E-state index is 6.02. The predicted octanol–water partition coefficient (Wildman–Crippen LogP) is 3.25. The standard InChI is InChI=1S/C16H36N2O/c1-6-16(12-14-18(9-4)10-5)19-15-11-13-17(7-2)8-3/h16H,6-15H2,1-5H3. The van der Waals surface area contributed by atoms with E-state index in [4.69, 9.17) is 4.74 Å². The van der Waals surface area contributed by atoms with Crippen molar-refractivity contribution >= 4 is 0 Å². The minimum atomic E-state index is 0.442. The Bertz CT molecular complexity index is 180. The van der Waals surface area contributed by atoms with Gasteiger partial charge in [0.2, 0.25) is 0 Å². The van der Waals surface area contributed by atoms with Crippen LogP contribution in [-0.4, -0.2) is 61.8 Å². The highest BCUT2D eigenvalue weighted by Gasteiger charge is 2.09. The number of rotatable bonds is 13. The van der Waals surface area contributed by atoms with Crippen molar-refractivity contribution in [3.05, 3.63) is 0 Å². The molecule has 0 aromatic carbocycles. The molecule has 0 N–H and O–H groups in total. The first kappa shape index (κ1) is 18.9. The summed E-state index contributed by atoms with van der Waals surface area (Å²) in [7, 11) is 0. The Hall–Kier alpha value is -0.120. The third-order valence-corrected chi connectivity index (χ3v) is 3.98. The van der Waals surface area contributed by atoms with Crippen LogP contribution in [0.15, 0.2) is 0 Å². The molecule has 0 aliphatic rings. The van der Waals surface area contributed by atoms with E-state index in [2.05, 4.69) is 44.4 Å². The van der Waals surface area contributed by atoms with Gasteiger partial charge in [-0.3, -0.25) is 0 Å². The Morgan fingerprint density at radius 2 is 1.32 bits per heavy atom. The zero-order valence-corrected chi connectivity index (χ0v) is 14.0. The van der Waals surface area contributed by atoms with E-state index >= 15 is 0 Å². The van der Waals surface area contributed by atoms with E-state index in [9.17, 15) is 0 Å². The van der Waals surface area contributed by atoms with E-state index in [1.165, 1.54) is 19.5 Å². The van der Waals surface area contributed by atoms with Crippen molar-refractivity contribution in [3.63, 3.8) is 0 Å². The average molecular weight is 272 g/mol. The van der Waals surface area contributed by atoms with E-state index in [-0.39, 0.29) is 0 Å². The molecule has 3 heteroatoms. The number of ether oxygens (including phenoxy) is 1. The second-order valence-electron chi connectivity index (χ2n) is 5.10. The van der Waals surface area contributed by atoms with Crippen LogP contribution in [-0.2, 0) is 4.74 Å². The molecule has 19 heavy (non-hydrogen) atoms. The smallest absolute Gasteiger partial charge is 0.0584 e. The first-order chi connectivity index (χ1) is 9.21. The van der Waals surface area contributed by atoms with Crippen LogP contribution >= 0.6 is 0 Å². The molecule has 0 rings (SSSR count). The van der Waals surface area contributed by atoms with Crippen LogP contribution in [0, 0.1) is 0 Å². The van der Waals surface area contributed by atoms with Gasteiger partial charge in [0, 0.05) is 19.7 Å². The molecular weight excluding hydrogens is 236 g/mol. The van der Waals surface area contributed by atoms with Crippen molar-refractivity contribution in [2.45, 2.75) is 60.0 Å². The van der Waals surface area contributed by atoms with Crippen molar-refractivity contribution in [1.29, 1.82) is 0 Å². The summed E-state index contributed by atoms with van der Waals surface area (Å²) in [4.78, 5) is 4.93. The normalized spacial score (nSPS) is 13.4. The van der Waals surface area contributed by atoms with Crippen LogP contribution in [0.25, 0.3) is 0 Å². The third-order valence-electron chi connectivity index (χ3n) is 3.98. The van der Waals surface area contributed by atoms with E-state index in [1.807, 2.05) is 0 Å². The fourth-order valence-electron chi connectivity index (χ4n) is 2.35. The zero-order valence-electron chi connectivity index (χ0n) is 14.0. The summed E-state index contributed by atoms with van der Waals surface area (Å²) in [6.45, 7) is 19.0. The monoisotopic (exact) mass is 272 g/mol. The molecule has 0 saturated carbocycles. The lowest BCUT2D eigenvalue weighted by molar-refractivity contribution is 0.0331. The lowest BCUT2D eigenvalue weighted by atomic mass is 10.2. The van der Waals surface area contributed by atoms with Gasteiger partial charge in [0.05, 0.1) is 6.10 Å². The first-order valence-corrected chi connectivity index (χ1v) is 8.27. The van der Waals surface area contributed by atoms with E-state index in [0.717, 1.165) is 45.6 Å². The SMILES string of the molecule is CCC(CCN(CC)CC)OCCCN(CC)CC. The molecule has 0 aromatic rings. The number of hydrogen-bond acceptors (Lipinski definition) is 3. The maximum absolute atomic E-state index is 6.02. The zero-order chi connectivity index (χ0) is 14.5. The van der Waals surface area contributed by atoms with Crippen molar-refractivity contribution in [2.75, 3.05) is 45.9 Å². The van der Waals surface area contributed by atoms with E-state index in [0.29, 0.717) is 6.10 Å². The minimum absolute atomic E-state index is 0.442. The Labute approximate surface area is 121 Å². The second kappa shape index (κ2) is 12.9. The van der Waals surface area contributed by atoms with Crippen molar-refractivity contribution in [1.82, 2.24) is 9.80 Å². The van der Waals surface area contributed by atoms with Gasteiger partial charge in [-0.1, -0.05) is 34.6 Å². The summed E-state index contributed by atoms with van der Waals surface area (Å²) < 4.78 is 6.02. The van der Waals surface area contributed by atoms with Crippen LogP contribution in [0.5, 0.6) is 0 Å². The van der Waals surface area contributed by atoms with Gasteiger partial charge in [0.25, 0.3) is 0 Å². The largest absolute Gasteiger partial charge is 0.378 e. The van der Waals surface area contributed by atoms with Gasteiger partial charge in [0.1, 0.15) is 0 Å². The summed E-state index contributed by atoms with van der Waals surface area (Å²) in [5.74, 6) is 0. The fourth-order valence-corrected chi connectivity index (χ4v) is 2.35. The van der Waals surface area contributed by atoms with Gasteiger partial charge in [-0.15, -0.1) is 0 Å². The van der Waals surface area contributed by atoms with Crippen molar-refractivity contribution in [2.24, 2.45) is 0 Å². The number of hydrogen-bond donors (Lipinski definition) is 0. The van der Waals surface area contributed by atoms with Crippen LogP contribution in [0.1, 0.15) is 53.9 Å². The second-order valence-corrected chi connectivity index (χ2v) is 5.10. The molecule has 0 spiro atoms. The van der Waals surface area contributed by atoms with Gasteiger partial charge in [0.15, 0.2) is 0 Å². The lowest BCUT2D eigenvalue weighted by Crippen LogP contribution is -2.28. The lowest BCUT2D eigenvalue weighted by Gasteiger charge is -2.23. The molecule has 0 aliphatic carbocycles. The summed E-state index contributed by atoms with van der Waals surface area (Å²) in [5, 5.41) is 0. The Kier molecular flexibility index (Phi) is 12.8. The molecular formula is C16H36N2O. The van der Waals surface area contributed by atoms with Gasteiger partial charge in [-0.2, -0.15) is 0 Å². The summed E-state index contributed by atoms with van der Waals surface area (Å²) >= 11 is 0. The molecule has 0 aromatic heterocycles. The van der Waals surface area contributed by atoms with Crippen LogP contribution in [0.2, 0.25) is 0 Å². The van der Waals surface area contributed by atoms with Crippen LogP contribution < -0.4 is 0 Å². The number of nitrogens with zero attached hydrogens (tertiary/aromatic N) is 2. The summed E-state index contributed by atoms with van der Waals surface area (Å²) in [6, 6.07) is 0. The molecule has 0 aliphatic heterocycles. The molecule has 0 fully saturated rings. The Morgan fingerprint density at radius 1 is 0.789 bits per heavy atom. The average Bonchev–Trinajstić information content (AvgIpc) is 2.46. The highest BCUT2D eigenvalue weighted by molar-refractivity contribution is 4.61. The summed E-state index contributed by atoms with van der Waals surface area (Å²) in [6.07, 6.45) is 3.90. The van der Waals surface area contributed by atoms with Crippen molar-refractivity contribution < 1.29 is 4.74 Å². The third kappa shape index (κ3) is 9.42. The molecule has 116 valence electrons. The van der Waals surface area contributed by atoms with E-state index < -0.39 is 0 Å². The van der Waals surface area contributed by atoms with Gasteiger partial charge >= 0.3 is 0 Å².